The number of para-hydroxylation sites is 1. The molecule has 0 saturated carbocycles. The molecule has 0 unspecified atom stereocenters. The highest BCUT2D eigenvalue weighted by atomic mass is 16.2. The zero-order chi connectivity index (χ0) is 17.4. The molecule has 0 spiro atoms. The third-order valence-electron chi connectivity index (χ3n) is 4.62. The van der Waals surface area contributed by atoms with E-state index in [1.807, 2.05) is 43.6 Å². The fraction of sp³-hybridized carbons (Fsp3) is 0.263. The van der Waals surface area contributed by atoms with Crippen LogP contribution in [0.4, 0.5) is 0 Å². The number of hydrogen-bond acceptors (Lipinski definition) is 4. The van der Waals surface area contributed by atoms with Gasteiger partial charge in [0, 0.05) is 31.2 Å². The molecule has 0 aliphatic carbocycles. The number of pyridine rings is 1. The van der Waals surface area contributed by atoms with Crippen LogP contribution in [0, 0.1) is 5.92 Å². The number of carbonyl (C=O) groups is 2. The fourth-order valence-corrected chi connectivity index (χ4v) is 3.40. The molecular formula is C19H18N4O2. The van der Waals surface area contributed by atoms with Crippen molar-refractivity contribution in [3.63, 3.8) is 0 Å². The van der Waals surface area contributed by atoms with Crippen molar-refractivity contribution in [2.24, 2.45) is 13.0 Å². The molecule has 1 saturated heterocycles. The highest BCUT2D eigenvalue weighted by Gasteiger charge is 2.38. The molecule has 25 heavy (non-hydrogen) atoms. The van der Waals surface area contributed by atoms with Crippen molar-refractivity contribution >= 4 is 22.7 Å². The number of nitrogens with zero attached hydrogens (tertiary/aromatic N) is 4. The molecule has 3 heterocycles. The van der Waals surface area contributed by atoms with Gasteiger partial charge in [-0.3, -0.25) is 24.2 Å². The summed E-state index contributed by atoms with van der Waals surface area (Å²) in [6, 6.07) is 9.68. The highest BCUT2D eigenvalue weighted by Crippen LogP contribution is 2.26. The number of carbonyl (C=O) groups excluding carboxylic acids is 2. The summed E-state index contributed by atoms with van der Waals surface area (Å²) in [4.78, 5) is 30.9. The SMILES string of the molecule is Cn1cc(C[C@H]2CC(=O)N(Cc3cccc4cccnc34)C2=O)cn1. The Labute approximate surface area is 145 Å². The maximum atomic E-state index is 12.7. The van der Waals surface area contributed by atoms with Crippen molar-refractivity contribution in [1.82, 2.24) is 19.7 Å². The Kier molecular flexibility index (Phi) is 3.80. The van der Waals surface area contributed by atoms with Gasteiger partial charge in [0.1, 0.15) is 0 Å². The van der Waals surface area contributed by atoms with Gasteiger partial charge in [0.15, 0.2) is 0 Å². The van der Waals surface area contributed by atoms with E-state index in [1.165, 1.54) is 4.90 Å². The first kappa shape index (κ1) is 15.5. The van der Waals surface area contributed by atoms with Crippen LogP contribution in [-0.2, 0) is 29.6 Å². The van der Waals surface area contributed by atoms with Crippen molar-refractivity contribution in [3.05, 3.63) is 60.0 Å². The third-order valence-corrected chi connectivity index (χ3v) is 4.62. The molecule has 3 aromatic rings. The summed E-state index contributed by atoms with van der Waals surface area (Å²) in [5.74, 6) is -0.534. The van der Waals surface area contributed by atoms with Gasteiger partial charge < -0.3 is 0 Å². The molecule has 2 aromatic heterocycles. The van der Waals surface area contributed by atoms with E-state index >= 15 is 0 Å². The average molecular weight is 334 g/mol. The van der Waals surface area contributed by atoms with Crippen LogP contribution in [0.5, 0.6) is 0 Å². The van der Waals surface area contributed by atoms with E-state index in [0.29, 0.717) is 6.42 Å². The lowest BCUT2D eigenvalue weighted by Crippen LogP contribution is -2.30. The van der Waals surface area contributed by atoms with Gasteiger partial charge in [-0.25, -0.2) is 0 Å². The number of aryl methyl sites for hydroxylation is 1. The van der Waals surface area contributed by atoms with Gasteiger partial charge in [-0.15, -0.1) is 0 Å². The summed E-state index contributed by atoms with van der Waals surface area (Å²) in [7, 11) is 1.84. The quantitative estimate of drug-likeness (QED) is 0.685. The first-order chi connectivity index (χ1) is 12.1. The van der Waals surface area contributed by atoms with Crippen molar-refractivity contribution < 1.29 is 9.59 Å². The molecule has 1 fully saturated rings. The lowest BCUT2D eigenvalue weighted by Gasteiger charge is -2.16. The Hall–Kier alpha value is -3.02. The Morgan fingerprint density at radius 2 is 2.04 bits per heavy atom. The molecule has 0 radical (unpaired) electrons. The molecule has 0 N–H and O–H groups in total. The summed E-state index contributed by atoms with van der Waals surface area (Å²) in [5.41, 5.74) is 2.70. The average Bonchev–Trinajstić information content (AvgIpc) is 3.13. The number of imide groups is 1. The number of benzene rings is 1. The van der Waals surface area contributed by atoms with Crippen molar-refractivity contribution in [3.8, 4) is 0 Å². The Morgan fingerprint density at radius 3 is 2.84 bits per heavy atom. The highest BCUT2D eigenvalue weighted by molar-refractivity contribution is 6.03. The monoisotopic (exact) mass is 334 g/mol. The minimum absolute atomic E-state index is 0.109. The van der Waals surface area contributed by atoms with Crippen molar-refractivity contribution in [1.29, 1.82) is 0 Å². The maximum absolute atomic E-state index is 12.7. The number of likely N-dealkylation sites (tertiary alicyclic amines) is 1. The number of hydrogen-bond donors (Lipinski definition) is 0. The second-order valence-corrected chi connectivity index (χ2v) is 6.44. The lowest BCUT2D eigenvalue weighted by molar-refractivity contribution is -0.140. The van der Waals surface area contributed by atoms with Gasteiger partial charge >= 0.3 is 0 Å². The predicted octanol–water partition coefficient (Wildman–Crippen LogP) is 2.09. The van der Waals surface area contributed by atoms with E-state index in [-0.39, 0.29) is 30.7 Å². The molecule has 0 bridgehead atoms. The molecule has 2 amide bonds. The summed E-state index contributed by atoms with van der Waals surface area (Å²) in [6.07, 6.45) is 6.16. The summed E-state index contributed by atoms with van der Waals surface area (Å²) in [5, 5.41) is 5.13. The Bertz CT molecular complexity index is 957. The molecule has 1 atom stereocenters. The lowest BCUT2D eigenvalue weighted by atomic mass is 10.0. The van der Waals surface area contributed by atoms with Gasteiger partial charge in [0.05, 0.1) is 24.2 Å². The largest absolute Gasteiger partial charge is 0.278 e. The van der Waals surface area contributed by atoms with E-state index in [1.54, 1.807) is 17.1 Å². The second kappa shape index (κ2) is 6.12. The van der Waals surface area contributed by atoms with E-state index in [2.05, 4.69) is 10.1 Å². The predicted molar refractivity (Wildman–Crippen MR) is 92.3 cm³/mol. The molecule has 6 heteroatoms. The van der Waals surface area contributed by atoms with Crippen LogP contribution in [0.25, 0.3) is 10.9 Å². The van der Waals surface area contributed by atoms with E-state index < -0.39 is 0 Å². The number of amides is 2. The standard InChI is InChI=1S/C19H18N4O2/c1-22-11-13(10-21-22)8-16-9-17(24)23(19(16)25)12-15-5-2-4-14-6-3-7-20-18(14)15/h2-7,10-11,16H,8-9,12H2,1H3/t16-/m0/s1. The van der Waals surface area contributed by atoms with Gasteiger partial charge in [0.2, 0.25) is 11.8 Å². The van der Waals surface area contributed by atoms with Crippen molar-refractivity contribution in [2.45, 2.75) is 19.4 Å². The second-order valence-electron chi connectivity index (χ2n) is 6.44. The van der Waals surface area contributed by atoms with Crippen LogP contribution < -0.4 is 0 Å². The Morgan fingerprint density at radius 1 is 1.20 bits per heavy atom. The molecular weight excluding hydrogens is 316 g/mol. The van der Waals surface area contributed by atoms with E-state index in [4.69, 9.17) is 0 Å². The van der Waals surface area contributed by atoms with Crippen LogP contribution in [0.1, 0.15) is 17.5 Å². The van der Waals surface area contributed by atoms with Crippen LogP contribution in [-0.4, -0.2) is 31.5 Å². The van der Waals surface area contributed by atoms with Crippen LogP contribution in [0.3, 0.4) is 0 Å². The normalized spacial score (nSPS) is 17.6. The van der Waals surface area contributed by atoms with Gasteiger partial charge in [0.25, 0.3) is 0 Å². The Balaban J connectivity index is 1.56. The molecule has 1 aromatic carbocycles. The minimum Gasteiger partial charge on any atom is -0.278 e. The molecule has 1 aliphatic rings. The molecule has 4 rings (SSSR count). The van der Waals surface area contributed by atoms with Gasteiger partial charge in [-0.2, -0.15) is 5.10 Å². The van der Waals surface area contributed by atoms with E-state index in [9.17, 15) is 9.59 Å². The van der Waals surface area contributed by atoms with Gasteiger partial charge in [-0.05, 0) is 23.6 Å². The van der Waals surface area contributed by atoms with Crippen LogP contribution in [0.15, 0.2) is 48.9 Å². The number of fused-ring (bicyclic) bond motifs is 1. The third kappa shape index (κ3) is 2.91. The fourth-order valence-electron chi connectivity index (χ4n) is 3.40. The first-order valence-corrected chi connectivity index (χ1v) is 8.26. The zero-order valence-corrected chi connectivity index (χ0v) is 13.9. The van der Waals surface area contributed by atoms with Crippen LogP contribution in [0.2, 0.25) is 0 Å². The summed E-state index contributed by atoms with van der Waals surface area (Å²) in [6.45, 7) is 0.273. The summed E-state index contributed by atoms with van der Waals surface area (Å²) >= 11 is 0. The first-order valence-electron chi connectivity index (χ1n) is 8.26. The minimum atomic E-state index is -0.306. The molecule has 6 nitrogen and oxygen atoms in total. The summed E-state index contributed by atoms with van der Waals surface area (Å²) < 4.78 is 1.70. The topological polar surface area (TPSA) is 68.1 Å². The number of rotatable bonds is 4. The van der Waals surface area contributed by atoms with E-state index in [0.717, 1.165) is 22.0 Å². The van der Waals surface area contributed by atoms with Gasteiger partial charge in [-0.1, -0.05) is 24.3 Å². The smallest absolute Gasteiger partial charge is 0.233 e. The maximum Gasteiger partial charge on any atom is 0.233 e. The molecule has 1 aliphatic heterocycles. The molecule has 126 valence electrons. The zero-order valence-electron chi connectivity index (χ0n) is 13.9. The van der Waals surface area contributed by atoms with Crippen LogP contribution >= 0.6 is 0 Å². The number of aromatic nitrogens is 3. The van der Waals surface area contributed by atoms with Crippen molar-refractivity contribution in [2.75, 3.05) is 0 Å².